The highest BCUT2D eigenvalue weighted by Crippen LogP contribution is 2.39. The molecule has 2 aliphatic carbocycles. The van der Waals surface area contributed by atoms with Crippen molar-refractivity contribution in [3.05, 3.63) is 28.2 Å². The molecule has 0 fully saturated rings. The Hall–Kier alpha value is -2.15. The third-order valence-corrected chi connectivity index (χ3v) is 6.48. The Morgan fingerprint density at radius 3 is 2.46 bits per heavy atom. The van der Waals surface area contributed by atoms with Crippen molar-refractivity contribution in [2.75, 3.05) is 5.32 Å². The zero-order chi connectivity index (χ0) is 20.3. The van der Waals surface area contributed by atoms with Gasteiger partial charge in [0.05, 0.1) is 17.6 Å². The lowest BCUT2D eigenvalue weighted by atomic mass is 9.82. The average molecular weight is 405 g/mol. The Morgan fingerprint density at radius 1 is 1.11 bits per heavy atom. The van der Waals surface area contributed by atoms with Gasteiger partial charge in [0, 0.05) is 16.8 Å². The minimum absolute atomic E-state index is 0.261. The molecule has 0 unspecified atom stereocenters. The number of fused-ring (bicyclic) bond motifs is 1. The molecule has 1 aromatic rings. The van der Waals surface area contributed by atoms with Crippen LogP contribution in [0.5, 0.6) is 0 Å². The van der Waals surface area contributed by atoms with Gasteiger partial charge >= 0.3 is 5.97 Å². The molecule has 0 saturated carbocycles. The lowest BCUT2D eigenvalue weighted by molar-refractivity contribution is -0.313. The number of rotatable bonds is 5. The lowest BCUT2D eigenvalue weighted by Gasteiger charge is -2.28. The summed E-state index contributed by atoms with van der Waals surface area (Å²) in [6.07, 6.45) is 8.80. The van der Waals surface area contributed by atoms with Crippen molar-refractivity contribution in [2.45, 2.75) is 64.9 Å². The number of carboxylic acid groups (broad SMARTS) is 1. The van der Waals surface area contributed by atoms with Gasteiger partial charge in [-0.2, -0.15) is 0 Å². The monoisotopic (exact) mass is 404 g/mol. The van der Waals surface area contributed by atoms with Crippen LogP contribution in [-0.2, 0) is 27.2 Å². The summed E-state index contributed by atoms with van der Waals surface area (Å²) in [5, 5.41) is 14.8. The third kappa shape index (κ3) is 4.46. The van der Waals surface area contributed by atoms with Crippen LogP contribution in [0.2, 0.25) is 0 Å². The number of anilines is 1. The zero-order valence-electron chi connectivity index (χ0n) is 16.3. The van der Waals surface area contributed by atoms with Crippen LogP contribution in [0.3, 0.4) is 0 Å². The summed E-state index contributed by atoms with van der Waals surface area (Å²) in [6.45, 7) is 3.58. The van der Waals surface area contributed by atoms with Crippen LogP contribution in [-0.4, -0.2) is 23.9 Å². The van der Waals surface area contributed by atoms with Crippen LogP contribution >= 0.6 is 11.3 Å². The molecule has 7 heteroatoms. The third-order valence-electron chi connectivity index (χ3n) is 5.28. The molecular weight excluding hydrogens is 378 g/mol. The molecule has 0 aliphatic heterocycles. The molecule has 0 radical (unpaired) electrons. The molecular formula is C21H26NO5S-. The molecule has 0 spiro atoms. The molecule has 3 rings (SSSR count). The molecule has 0 bridgehead atoms. The maximum atomic E-state index is 12.9. The van der Waals surface area contributed by atoms with E-state index in [2.05, 4.69) is 5.32 Å². The van der Waals surface area contributed by atoms with Crippen molar-refractivity contribution in [3.63, 3.8) is 0 Å². The first kappa shape index (κ1) is 20.6. The van der Waals surface area contributed by atoms with Gasteiger partial charge in [-0.15, -0.1) is 11.3 Å². The normalized spacial score (nSPS) is 21.7. The predicted octanol–water partition coefficient (Wildman–Crippen LogP) is 2.85. The van der Waals surface area contributed by atoms with E-state index in [0.29, 0.717) is 17.0 Å². The topological polar surface area (TPSA) is 95.5 Å². The minimum atomic E-state index is -1.22. The van der Waals surface area contributed by atoms with E-state index in [1.807, 2.05) is 6.08 Å². The van der Waals surface area contributed by atoms with Gasteiger partial charge < -0.3 is 20.0 Å². The highest BCUT2D eigenvalue weighted by molar-refractivity contribution is 7.17. The van der Waals surface area contributed by atoms with E-state index in [9.17, 15) is 19.5 Å². The Balaban J connectivity index is 1.90. The van der Waals surface area contributed by atoms with Crippen molar-refractivity contribution in [3.8, 4) is 0 Å². The molecule has 1 amide bonds. The van der Waals surface area contributed by atoms with Crippen LogP contribution in [0.1, 0.15) is 66.8 Å². The van der Waals surface area contributed by atoms with E-state index in [1.54, 1.807) is 19.9 Å². The van der Waals surface area contributed by atoms with Crippen LogP contribution in [0.15, 0.2) is 12.2 Å². The second-order valence-electron chi connectivity index (χ2n) is 7.69. The first-order valence-electron chi connectivity index (χ1n) is 9.90. The Bertz CT molecular complexity index is 795. The van der Waals surface area contributed by atoms with Gasteiger partial charge in [-0.3, -0.25) is 4.79 Å². The van der Waals surface area contributed by atoms with Gasteiger partial charge in [0.15, 0.2) is 0 Å². The van der Waals surface area contributed by atoms with E-state index in [0.717, 1.165) is 42.5 Å². The van der Waals surface area contributed by atoms with Crippen molar-refractivity contribution >= 4 is 34.2 Å². The van der Waals surface area contributed by atoms with Crippen LogP contribution in [0.25, 0.3) is 0 Å². The summed E-state index contributed by atoms with van der Waals surface area (Å²) in [4.78, 5) is 38.2. The molecule has 0 aromatic carbocycles. The fourth-order valence-corrected chi connectivity index (χ4v) is 5.17. The molecule has 1 N–H and O–H groups in total. The summed E-state index contributed by atoms with van der Waals surface area (Å²) in [7, 11) is 0. The average Bonchev–Trinajstić information content (AvgIpc) is 2.81. The Morgan fingerprint density at radius 2 is 1.79 bits per heavy atom. The first-order chi connectivity index (χ1) is 13.4. The smallest absolute Gasteiger partial charge is 0.341 e. The number of carboxylic acids is 1. The van der Waals surface area contributed by atoms with Crippen molar-refractivity contribution in [1.29, 1.82) is 0 Å². The lowest BCUT2D eigenvalue weighted by Crippen LogP contribution is -2.41. The van der Waals surface area contributed by atoms with Crippen molar-refractivity contribution in [1.82, 2.24) is 0 Å². The number of carbonyl (C=O) groups excluding carboxylic acids is 3. The fraction of sp³-hybridized carbons (Fsp3) is 0.571. The number of ether oxygens (including phenoxy) is 1. The summed E-state index contributed by atoms with van der Waals surface area (Å²) < 4.78 is 5.43. The number of hydrogen-bond donors (Lipinski definition) is 1. The maximum absolute atomic E-state index is 12.9. The van der Waals surface area contributed by atoms with Gasteiger partial charge in [-0.05, 0) is 57.9 Å². The summed E-state index contributed by atoms with van der Waals surface area (Å²) in [5.74, 6) is -3.58. The number of amides is 1. The molecule has 6 nitrogen and oxygen atoms in total. The highest BCUT2D eigenvalue weighted by Gasteiger charge is 2.33. The minimum Gasteiger partial charge on any atom is -0.550 e. The number of esters is 1. The van der Waals surface area contributed by atoms with Gasteiger partial charge in [-0.1, -0.05) is 18.6 Å². The maximum Gasteiger partial charge on any atom is 0.341 e. The van der Waals surface area contributed by atoms with E-state index >= 15 is 0 Å². The van der Waals surface area contributed by atoms with Crippen molar-refractivity contribution < 1.29 is 24.2 Å². The summed E-state index contributed by atoms with van der Waals surface area (Å²) in [6, 6.07) is 0. The quantitative estimate of drug-likeness (QED) is 0.462. The fourth-order valence-electron chi connectivity index (χ4n) is 3.89. The summed E-state index contributed by atoms with van der Waals surface area (Å²) in [5.41, 5.74) is 1.42. The predicted molar refractivity (Wildman–Crippen MR) is 105 cm³/mol. The van der Waals surface area contributed by atoms with Gasteiger partial charge in [0.1, 0.15) is 5.00 Å². The second-order valence-corrected chi connectivity index (χ2v) is 8.79. The molecule has 2 atom stereocenters. The standard InChI is InChI=1S/C21H27NO5S/c1-12(2)27-21(26)17-15-10-4-3-5-11-16(15)28-19(17)22-18(23)13-8-6-7-9-14(13)20(24)25/h6-7,12-14H,3-5,8-11H2,1-2H3,(H,22,23)(H,24,25)/p-1/t13-,14-/m0/s1. The SMILES string of the molecule is CC(C)OC(=O)c1c(NC(=O)[C@H]2CC=CC[C@@H]2C(=O)[O-])sc2c1CCCCC2. The van der Waals surface area contributed by atoms with Crippen LogP contribution in [0.4, 0.5) is 5.00 Å². The van der Waals surface area contributed by atoms with Crippen LogP contribution in [0, 0.1) is 11.8 Å². The van der Waals surface area contributed by atoms with E-state index in [4.69, 9.17) is 4.74 Å². The molecule has 1 aromatic heterocycles. The number of aryl methyl sites for hydroxylation is 1. The Labute approximate surface area is 169 Å². The Kier molecular flexibility index (Phi) is 6.54. The number of carbonyl (C=O) groups is 3. The largest absolute Gasteiger partial charge is 0.550 e. The number of aliphatic carboxylic acids is 1. The van der Waals surface area contributed by atoms with Crippen LogP contribution < -0.4 is 10.4 Å². The number of hydrogen-bond acceptors (Lipinski definition) is 6. The van der Waals surface area contributed by atoms with E-state index in [-0.39, 0.29) is 18.4 Å². The molecule has 28 heavy (non-hydrogen) atoms. The molecule has 2 aliphatic rings. The second kappa shape index (κ2) is 8.90. The first-order valence-corrected chi connectivity index (χ1v) is 10.7. The summed E-state index contributed by atoms with van der Waals surface area (Å²) >= 11 is 1.42. The highest BCUT2D eigenvalue weighted by atomic mass is 32.1. The van der Waals surface area contributed by atoms with Gasteiger partial charge in [-0.25, -0.2) is 4.79 Å². The molecule has 1 heterocycles. The van der Waals surface area contributed by atoms with E-state index < -0.39 is 23.8 Å². The zero-order valence-corrected chi connectivity index (χ0v) is 17.1. The molecule has 152 valence electrons. The number of nitrogens with one attached hydrogen (secondary N) is 1. The van der Waals surface area contributed by atoms with Gasteiger partial charge in [0.2, 0.25) is 5.91 Å². The molecule has 0 saturated heterocycles. The van der Waals surface area contributed by atoms with E-state index in [1.165, 1.54) is 11.3 Å². The van der Waals surface area contributed by atoms with Gasteiger partial charge in [0.25, 0.3) is 0 Å². The van der Waals surface area contributed by atoms with Crippen molar-refractivity contribution in [2.24, 2.45) is 11.8 Å². The number of thiophene rings is 1. The number of allylic oxidation sites excluding steroid dienone is 2.